The van der Waals surface area contributed by atoms with Gasteiger partial charge in [-0.05, 0) is 55.7 Å². The molecule has 2 rings (SSSR count). The van der Waals surface area contributed by atoms with Crippen LogP contribution in [0.2, 0.25) is 0 Å². The van der Waals surface area contributed by atoms with E-state index in [-0.39, 0.29) is 5.91 Å². The summed E-state index contributed by atoms with van der Waals surface area (Å²) in [5.74, 6) is 1.10. The van der Waals surface area contributed by atoms with Gasteiger partial charge in [-0.1, -0.05) is 0 Å². The Morgan fingerprint density at radius 2 is 2.27 bits per heavy atom. The zero-order valence-electron chi connectivity index (χ0n) is 13.1. The molecule has 1 saturated heterocycles. The number of hydrogen-bond acceptors (Lipinski definition) is 3. The molecule has 0 bridgehead atoms. The van der Waals surface area contributed by atoms with Gasteiger partial charge in [0.25, 0.3) is 0 Å². The molecule has 1 aliphatic rings. The molecule has 1 fully saturated rings. The number of benzene rings is 1. The molecule has 5 nitrogen and oxygen atoms in total. The van der Waals surface area contributed by atoms with Gasteiger partial charge < -0.3 is 20.3 Å². The predicted octanol–water partition coefficient (Wildman–Crippen LogP) is 2.30. The van der Waals surface area contributed by atoms with Crippen molar-refractivity contribution in [3.63, 3.8) is 0 Å². The quantitative estimate of drug-likeness (QED) is 0.622. The monoisotopic (exact) mass is 321 g/mol. The second-order valence-corrected chi connectivity index (χ2v) is 5.81. The molecule has 120 valence electrons. The van der Waals surface area contributed by atoms with Crippen molar-refractivity contribution in [1.82, 2.24) is 10.2 Å². The minimum Gasteiger partial charge on any atom is -0.497 e. The number of methoxy groups -OCH3 is 1. The summed E-state index contributed by atoms with van der Waals surface area (Å²) >= 11 is 5.29. The minimum atomic E-state index is 0.273. The molecule has 22 heavy (non-hydrogen) atoms. The molecule has 6 heteroatoms. The largest absolute Gasteiger partial charge is 0.497 e. The first-order valence-corrected chi connectivity index (χ1v) is 7.98. The van der Waals surface area contributed by atoms with Crippen LogP contribution in [-0.4, -0.2) is 42.7 Å². The molecule has 1 aromatic carbocycles. The third kappa shape index (κ3) is 4.59. The Morgan fingerprint density at radius 1 is 1.45 bits per heavy atom. The molecule has 2 N–H and O–H groups in total. The highest BCUT2D eigenvalue weighted by Crippen LogP contribution is 2.20. The van der Waals surface area contributed by atoms with Gasteiger partial charge in [0, 0.05) is 31.7 Å². The number of carbonyl (C=O) groups excluding carboxylic acids is 1. The van der Waals surface area contributed by atoms with Crippen LogP contribution in [0.5, 0.6) is 5.75 Å². The van der Waals surface area contributed by atoms with E-state index in [1.165, 1.54) is 0 Å². The van der Waals surface area contributed by atoms with E-state index in [4.69, 9.17) is 17.0 Å². The molecule has 1 aliphatic heterocycles. The van der Waals surface area contributed by atoms with Crippen molar-refractivity contribution in [3.8, 4) is 5.75 Å². The summed E-state index contributed by atoms with van der Waals surface area (Å²) in [6.45, 7) is 4.46. The minimum absolute atomic E-state index is 0.273. The summed E-state index contributed by atoms with van der Waals surface area (Å²) in [5.41, 5.74) is 2.04. The second-order valence-electron chi connectivity index (χ2n) is 5.40. The van der Waals surface area contributed by atoms with Crippen LogP contribution < -0.4 is 15.4 Å². The molecule has 0 saturated carbocycles. The van der Waals surface area contributed by atoms with Crippen LogP contribution in [-0.2, 0) is 4.79 Å². The third-order valence-corrected chi connectivity index (χ3v) is 3.99. The van der Waals surface area contributed by atoms with Gasteiger partial charge in [0.05, 0.1) is 7.11 Å². The standard InChI is InChI=1S/C16H23N3O2S/c1-12-11-13(21-2)6-7-14(12)18-16(22)17-8-4-10-19-9-3-5-15(19)20/h6-7,11H,3-5,8-10H2,1-2H3,(H2,17,18,22). The maximum absolute atomic E-state index is 11.5. The number of nitrogens with one attached hydrogen (secondary N) is 2. The van der Waals surface area contributed by atoms with Crippen molar-refractivity contribution in [2.45, 2.75) is 26.2 Å². The van der Waals surface area contributed by atoms with Gasteiger partial charge in [-0.3, -0.25) is 4.79 Å². The van der Waals surface area contributed by atoms with E-state index in [0.717, 1.165) is 49.5 Å². The van der Waals surface area contributed by atoms with Crippen molar-refractivity contribution in [2.24, 2.45) is 0 Å². The fourth-order valence-electron chi connectivity index (χ4n) is 2.48. The Kier molecular flexibility index (Phi) is 6.00. The van der Waals surface area contributed by atoms with Crippen LogP contribution in [0.1, 0.15) is 24.8 Å². The van der Waals surface area contributed by atoms with E-state index in [2.05, 4.69) is 10.6 Å². The first kappa shape index (κ1) is 16.5. The molecular weight excluding hydrogens is 298 g/mol. The molecule has 1 heterocycles. The van der Waals surface area contributed by atoms with Gasteiger partial charge in [-0.15, -0.1) is 0 Å². The molecular formula is C16H23N3O2S. The smallest absolute Gasteiger partial charge is 0.222 e. The van der Waals surface area contributed by atoms with Crippen molar-refractivity contribution >= 4 is 28.9 Å². The molecule has 0 aromatic heterocycles. The van der Waals surface area contributed by atoms with Crippen LogP contribution in [0, 0.1) is 6.92 Å². The highest BCUT2D eigenvalue weighted by molar-refractivity contribution is 7.80. The van der Waals surface area contributed by atoms with Gasteiger partial charge in [-0.25, -0.2) is 0 Å². The number of amides is 1. The lowest BCUT2D eigenvalue weighted by Crippen LogP contribution is -2.32. The zero-order valence-corrected chi connectivity index (χ0v) is 14.0. The first-order chi connectivity index (χ1) is 10.6. The van der Waals surface area contributed by atoms with E-state index < -0.39 is 0 Å². The Morgan fingerprint density at radius 3 is 2.91 bits per heavy atom. The topological polar surface area (TPSA) is 53.6 Å². The van der Waals surface area contributed by atoms with Crippen LogP contribution in [0.15, 0.2) is 18.2 Å². The fraction of sp³-hybridized carbons (Fsp3) is 0.500. The number of ether oxygens (including phenoxy) is 1. The highest BCUT2D eigenvalue weighted by Gasteiger charge is 2.18. The van der Waals surface area contributed by atoms with Crippen LogP contribution in [0.3, 0.4) is 0 Å². The predicted molar refractivity (Wildman–Crippen MR) is 92.4 cm³/mol. The number of rotatable bonds is 6. The molecule has 0 atom stereocenters. The van der Waals surface area contributed by atoms with Gasteiger partial charge in [0.1, 0.15) is 5.75 Å². The van der Waals surface area contributed by atoms with E-state index in [1.54, 1.807) is 7.11 Å². The van der Waals surface area contributed by atoms with E-state index >= 15 is 0 Å². The van der Waals surface area contributed by atoms with Crippen molar-refractivity contribution in [2.75, 3.05) is 32.1 Å². The van der Waals surface area contributed by atoms with Crippen LogP contribution in [0.4, 0.5) is 5.69 Å². The maximum atomic E-state index is 11.5. The number of anilines is 1. The summed E-state index contributed by atoms with van der Waals surface area (Å²) in [6, 6.07) is 5.81. The first-order valence-electron chi connectivity index (χ1n) is 7.57. The lowest BCUT2D eigenvalue weighted by atomic mass is 10.2. The Hall–Kier alpha value is -1.82. The van der Waals surface area contributed by atoms with Crippen LogP contribution >= 0.6 is 12.2 Å². The molecule has 1 aromatic rings. The molecule has 0 aliphatic carbocycles. The average molecular weight is 321 g/mol. The average Bonchev–Trinajstić information content (AvgIpc) is 2.91. The summed E-state index contributed by atoms with van der Waals surface area (Å²) in [6.07, 6.45) is 2.59. The van der Waals surface area contributed by atoms with Gasteiger partial charge in [0.2, 0.25) is 5.91 Å². The molecule has 0 unspecified atom stereocenters. The SMILES string of the molecule is COc1ccc(NC(=S)NCCCN2CCCC2=O)c(C)c1. The fourth-order valence-corrected chi connectivity index (χ4v) is 2.69. The summed E-state index contributed by atoms with van der Waals surface area (Å²) in [7, 11) is 1.65. The number of likely N-dealkylation sites (tertiary alicyclic amines) is 1. The summed E-state index contributed by atoms with van der Waals surface area (Å²) in [5, 5.41) is 6.96. The number of aryl methyl sites for hydroxylation is 1. The van der Waals surface area contributed by atoms with Crippen LogP contribution in [0.25, 0.3) is 0 Å². The van der Waals surface area contributed by atoms with Gasteiger partial charge in [-0.2, -0.15) is 0 Å². The highest BCUT2D eigenvalue weighted by atomic mass is 32.1. The van der Waals surface area contributed by atoms with Gasteiger partial charge >= 0.3 is 0 Å². The zero-order chi connectivity index (χ0) is 15.9. The lowest BCUT2D eigenvalue weighted by Gasteiger charge is -2.16. The van der Waals surface area contributed by atoms with E-state index in [1.807, 2.05) is 30.0 Å². The molecule has 0 radical (unpaired) electrons. The lowest BCUT2D eigenvalue weighted by molar-refractivity contribution is -0.127. The van der Waals surface area contributed by atoms with Crippen molar-refractivity contribution in [3.05, 3.63) is 23.8 Å². The Labute approximate surface area is 137 Å². The molecule has 0 spiro atoms. The van der Waals surface area contributed by atoms with Crippen molar-refractivity contribution < 1.29 is 9.53 Å². The summed E-state index contributed by atoms with van der Waals surface area (Å²) < 4.78 is 5.18. The Balaban J connectivity index is 1.70. The normalized spacial score (nSPS) is 14.1. The number of thiocarbonyl (C=S) groups is 1. The number of hydrogen-bond donors (Lipinski definition) is 2. The second kappa shape index (κ2) is 7.98. The van der Waals surface area contributed by atoms with Crippen molar-refractivity contribution in [1.29, 1.82) is 0 Å². The number of nitrogens with zero attached hydrogens (tertiary/aromatic N) is 1. The molecule has 1 amide bonds. The van der Waals surface area contributed by atoms with E-state index in [0.29, 0.717) is 11.5 Å². The van der Waals surface area contributed by atoms with E-state index in [9.17, 15) is 4.79 Å². The maximum Gasteiger partial charge on any atom is 0.222 e. The van der Waals surface area contributed by atoms with Gasteiger partial charge in [0.15, 0.2) is 5.11 Å². The third-order valence-electron chi connectivity index (χ3n) is 3.74. The summed E-state index contributed by atoms with van der Waals surface area (Å²) in [4.78, 5) is 13.4. The number of carbonyl (C=O) groups is 1. The Bertz CT molecular complexity index is 548.